The second-order valence-electron chi connectivity index (χ2n) is 5.90. The van der Waals surface area contributed by atoms with Crippen LogP contribution in [0.3, 0.4) is 0 Å². The Kier molecular flexibility index (Phi) is 5.16. The molecule has 0 fully saturated rings. The number of aromatic nitrogens is 3. The van der Waals surface area contributed by atoms with Gasteiger partial charge in [-0.3, -0.25) is 4.98 Å². The Morgan fingerprint density at radius 1 is 0.962 bits per heavy atom. The van der Waals surface area contributed by atoms with E-state index in [1.165, 1.54) is 0 Å². The molecule has 0 saturated heterocycles. The lowest BCUT2D eigenvalue weighted by molar-refractivity contribution is -0.141. The molecule has 0 aliphatic rings. The van der Waals surface area contributed by atoms with Crippen molar-refractivity contribution in [2.75, 3.05) is 5.32 Å². The van der Waals surface area contributed by atoms with Gasteiger partial charge in [-0.25, -0.2) is 9.97 Å². The van der Waals surface area contributed by atoms with Gasteiger partial charge in [0.1, 0.15) is 5.69 Å². The summed E-state index contributed by atoms with van der Waals surface area (Å²) in [6, 6.07) is 13.9. The first-order valence-electron chi connectivity index (χ1n) is 8.05. The van der Waals surface area contributed by atoms with E-state index in [-0.39, 0.29) is 12.0 Å². The first-order valence-corrected chi connectivity index (χ1v) is 8.05. The molecule has 0 radical (unpaired) electrons. The van der Waals surface area contributed by atoms with Crippen LogP contribution in [0.2, 0.25) is 0 Å². The Bertz CT molecular complexity index is 849. The molecule has 2 aromatic heterocycles. The molecule has 0 saturated carbocycles. The third-order valence-electron chi connectivity index (χ3n) is 3.85. The largest absolute Gasteiger partial charge is 0.433 e. The van der Waals surface area contributed by atoms with Crippen molar-refractivity contribution in [3.05, 3.63) is 83.4 Å². The summed E-state index contributed by atoms with van der Waals surface area (Å²) in [5.41, 5.74) is 1.89. The normalized spacial score (nSPS) is 12.6. The topological polar surface area (TPSA) is 50.7 Å². The third kappa shape index (κ3) is 4.56. The summed E-state index contributed by atoms with van der Waals surface area (Å²) in [4.78, 5) is 11.8. The molecule has 4 nitrogen and oxygen atoms in total. The summed E-state index contributed by atoms with van der Waals surface area (Å²) in [5.74, 6) is -0.0809. The third-order valence-corrected chi connectivity index (χ3v) is 3.85. The van der Waals surface area contributed by atoms with Crippen LogP contribution in [-0.4, -0.2) is 15.0 Å². The van der Waals surface area contributed by atoms with Crippen LogP contribution in [0.5, 0.6) is 0 Å². The van der Waals surface area contributed by atoms with Crippen molar-refractivity contribution in [3.8, 4) is 0 Å². The van der Waals surface area contributed by atoms with Crippen LogP contribution in [-0.2, 0) is 12.6 Å². The fourth-order valence-corrected chi connectivity index (χ4v) is 2.51. The van der Waals surface area contributed by atoms with Gasteiger partial charge in [0.15, 0.2) is 0 Å². The van der Waals surface area contributed by atoms with E-state index in [9.17, 15) is 13.2 Å². The predicted octanol–water partition coefficient (Wildman–Crippen LogP) is 4.59. The molecule has 1 atom stereocenters. The number of benzene rings is 1. The van der Waals surface area contributed by atoms with Gasteiger partial charge in [-0.1, -0.05) is 35.9 Å². The van der Waals surface area contributed by atoms with Crippen LogP contribution >= 0.6 is 0 Å². The van der Waals surface area contributed by atoms with Gasteiger partial charge >= 0.3 is 6.18 Å². The van der Waals surface area contributed by atoms with Crippen LogP contribution in [0.4, 0.5) is 19.1 Å². The van der Waals surface area contributed by atoms with Gasteiger partial charge in [0.05, 0.1) is 11.7 Å². The van der Waals surface area contributed by atoms with Crippen molar-refractivity contribution in [1.29, 1.82) is 0 Å². The van der Waals surface area contributed by atoms with Crippen molar-refractivity contribution in [2.45, 2.75) is 25.6 Å². The van der Waals surface area contributed by atoms with E-state index < -0.39 is 11.9 Å². The second kappa shape index (κ2) is 7.51. The molecule has 1 unspecified atom stereocenters. The quantitative estimate of drug-likeness (QED) is 0.724. The average Bonchev–Trinajstić information content (AvgIpc) is 2.63. The molecule has 0 bridgehead atoms. The molecule has 2 heterocycles. The predicted molar refractivity (Wildman–Crippen MR) is 92.5 cm³/mol. The number of hydrogen-bond donors (Lipinski definition) is 1. The van der Waals surface area contributed by atoms with Gasteiger partial charge < -0.3 is 5.32 Å². The van der Waals surface area contributed by atoms with Gasteiger partial charge in [-0.2, -0.15) is 13.2 Å². The van der Waals surface area contributed by atoms with Gasteiger partial charge in [-0.15, -0.1) is 0 Å². The first-order chi connectivity index (χ1) is 12.4. The number of nitrogens with zero attached hydrogens (tertiary/aromatic N) is 3. The number of halogens is 3. The number of anilines is 1. The summed E-state index contributed by atoms with van der Waals surface area (Å²) in [6.45, 7) is 1.99. The number of pyridine rings is 1. The maximum absolute atomic E-state index is 12.9. The lowest BCUT2D eigenvalue weighted by Crippen LogP contribution is -2.18. The zero-order chi connectivity index (χ0) is 18.6. The molecule has 0 aliphatic carbocycles. The van der Waals surface area contributed by atoms with Crippen molar-refractivity contribution in [2.24, 2.45) is 0 Å². The van der Waals surface area contributed by atoms with Gasteiger partial charge in [-0.05, 0) is 37.1 Å². The van der Waals surface area contributed by atoms with Crippen molar-refractivity contribution < 1.29 is 13.2 Å². The minimum Gasteiger partial charge on any atom is -0.345 e. The zero-order valence-corrected chi connectivity index (χ0v) is 14.0. The molecule has 0 amide bonds. The van der Waals surface area contributed by atoms with E-state index in [0.717, 1.165) is 23.4 Å². The maximum Gasteiger partial charge on any atom is 0.433 e. The Morgan fingerprint density at radius 3 is 2.38 bits per heavy atom. The molecule has 0 aliphatic heterocycles. The van der Waals surface area contributed by atoms with Crippen molar-refractivity contribution >= 4 is 5.95 Å². The average molecular weight is 358 g/mol. The smallest absolute Gasteiger partial charge is 0.345 e. The highest BCUT2D eigenvalue weighted by molar-refractivity contribution is 5.33. The molecular weight excluding hydrogens is 341 g/mol. The van der Waals surface area contributed by atoms with Crippen molar-refractivity contribution in [3.63, 3.8) is 0 Å². The number of nitrogens with one attached hydrogen (secondary N) is 1. The summed E-state index contributed by atoms with van der Waals surface area (Å²) >= 11 is 0. The van der Waals surface area contributed by atoms with Crippen LogP contribution in [0.25, 0.3) is 0 Å². The summed E-state index contributed by atoms with van der Waals surface area (Å²) < 4.78 is 38.6. The van der Waals surface area contributed by atoms with E-state index in [0.29, 0.717) is 12.1 Å². The maximum atomic E-state index is 12.9. The van der Waals surface area contributed by atoms with Crippen LogP contribution in [0, 0.1) is 6.92 Å². The summed E-state index contributed by atoms with van der Waals surface area (Å²) in [6.07, 6.45) is -1.24. The van der Waals surface area contributed by atoms with E-state index in [1.54, 1.807) is 12.3 Å². The Morgan fingerprint density at radius 2 is 1.73 bits per heavy atom. The van der Waals surface area contributed by atoms with E-state index in [4.69, 9.17) is 0 Å². The molecule has 1 aromatic carbocycles. The number of aryl methyl sites for hydroxylation is 1. The standard InChI is InChI=1S/C19H17F3N4/c1-13-5-7-14(8-6-13)12-16(15-4-2-3-10-23-15)25-18-24-11-9-17(26-18)19(20,21)22/h2-11,16H,12H2,1H3,(H,24,25,26). The van der Waals surface area contributed by atoms with Crippen LogP contribution in [0.15, 0.2) is 60.9 Å². The molecular formula is C19H17F3N4. The number of hydrogen-bond acceptors (Lipinski definition) is 4. The Hall–Kier alpha value is -2.96. The summed E-state index contributed by atoms with van der Waals surface area (Å²) in [7, 11) is 0. The Balaban J connectivity index is 1.88. The van der Waals surface area contributed by atoms with Gasteiger partial charge in [0, 0.05) is 12.4 Å². The molecule has 7 heteroatoms. The molecule has 0 spiro atoms. The molecule has 3 rings (SSSR count). The highest BCUT2D eigenvalue weighted by atomic mass is 19.4. The minimum absolute atomic E-state index is 0.0809. The highest BCUT2D eigenvalue weighted by Crippen LogP contribution is 2.28. The minimum atomic E-state index is -4.52. The van der Waals surface area contributed by atoms with Crippen molar-refractivity contribution in [1.82, 2.24) is 15.0 Å². The highest BCUT2D eigenvalue weighted by Gasteiger charge is 2.33. The van der Waals surface area contributed by atoms with Crippen LogP contribution in [0.1, 0.15) is 28.6 Å². The molecule has 1 N–H and O–H groups in total. The monoisotopic (exact) mass is 358 g/mol. The zero-order valence-electron chi connectivity index (χ0n) is 14.0. The van der Waals surface area contributed by atoms with E-state index in [1.807, 2.05) is 43.3 Å². The SMILES string of the molecule is Cc1ccc(CC(Nc2nccc(C(F)(F)F)n2)c2ccccn2)cc1. The summed E-state index contributed by atoms with van der Waals surface area (Å²) in [5, 5.41) is 2.99. The second-order valence-corrected chi connectivity index (χ2v) is 5.90. The van der Waals surface area contributed by atoms with Gasteiger partial charge in [0.25, 0.3) is 0 Å². The lowest BCUT2D eigenvalue weighted by Gasteiger charge is -2.19. The molecule has 3 aromatic rings. The molecule has 26 heavy (non-hydrogen) atoms. The number of rotatable bonds is 5. The first kappa shape index (κ1) is 17.8. The fourth-order valence-electron chi connectivity index (χ4n) is 2.51. The molecule has 134 valence electrons. The number of alkyl halides is 3. The van der Waals surface area contributed by atoms with E-state index >= 15 is 0 Å². The van der Waals surface area contributed by atoms with Crippen LogP contribution < -0.4 is 5.32 Å². The van der Waals surface area contributed by atoms with Gasteiger partial charge in [0.2, 0.25) is 5.95 Å². The fraction of sp³-hybridized carbons (Fsp3) is 0.211. The van der Waals surface area contributed by atoms with E-state index in [2.05, 4.69) is 20.3 Å². The lowest BCUT2D eigenvalue weighted by atomic mass is 10.0. The Labute approximate surface area is 149 Å².